The largest absolute Gasteiger partial charge is 0.479 e. The van der Waals surface area contributed by atoms with E-state index in [4.69, 9.17) is 23.7 Å². The molecule has 3 N–H and O–H groups in total. The van der Waals surface area contributed by atoms with Crippen LogP contribution in [0.3, 0.4) is 0 Å². The van der Waals surface area contributed by atoms with Gasteiger partial charge in [0.15, 0.2) is 24.6 Å². The number of aliphatic carboxylic acids is 1. The van der Waals surface area contributed by atoms with Gasteiger partial charge in [-0.15, -0.1) is 0 Å². The van der Waals surface area contributed by atoms with E-state index >= 15 is 0 Å². The van der Waals surface area contributed by atoms with Crippen LogP contribution < -0.4 is 0 Å². The normalized spacial score (nSPS) is 18.2. The molecule has 6 unspecified atom stereocenters. The highest BCUT2D eigenvalue weighted by Gasteiger charge is 2.50. The van der Waals surface area contributed by atoms with Gasteiger partial charge in [0.25, 0.3) is 0 Å². The Hall–Kier alpha value is -3.58. The number of hydrogen-bond acceptors (Lipinski definition) is 11. The second kappa shape index (κ2) is 55.0. The zero-order chi connectivity index (χ0) is 57.5. The fraction of sp³-hybridized carbons (Fsp3) is 0.791. The maximum atomic E-state index is 13.2. The van der Waals surface area contributed by atoms with E-state index in [0.29, 0.717) is 25.7 Å². The quantitative estimate of drug-likeness (QED) is 0.0228. The Labute approximate surface area is 481 Å². The van der Waals surface area contributed by atoms with Crippen LogP contribution in [0.15, 0.2) is 60.8 Å². The molecule has 0 aromatic carbocycles. The summed E-state index contributed by atoms with van der Waals surface area (Å²) in [5.41, 5.74) is 0. The van der Waals surface area contributed by atoms with Gasteiger partial charge in [0.1, 0.15) is 18.8 Å². The molecule has 1 aliphatic heterocycles. The average molecular weight is 1110 g/mol. The van der Waals surface area contributed by atoms with E-state index in [2.05, 4.69) is 69.4 Å². The number of carbonyl (C=O) groups is 4. The maximum absolute atomic E-state index is 13.2. The number of carboxylic acid groups (broad SMARTS) is 1. The fourth-order valence-corrected chi connectivity index (χ4v) is 9.70. The summed E-state index contributed by atoms with van der Waals surface area (Å²) in [5.74, 6) is -3.17. The first-order chi connectivity index (χ1) is 38.6. The third-order valence-corrected chi connectivity index (χ3v) is 14.6. The summed E-state index contributed by atoms with van der Waals surface area (Å²) in [6, 6.07) is 0. The molecule has 0 amide bonds. The Kier molecular flexibility index (Phi) is 51.1. The van der Waals surface area contributed by atoms with Crippen molar-refractivity contribution >= 4 is 23.9 Å². The van der Waals surface area contributed by atoms with Crippen LogP contribution in [0.25, 0.3) is 0 Å². The lowest BCUT2D eigenvalue weighted by Crippen LogP contribution is -2.61. The number of carbonyl (C=O) groups excluding carboxylic acids is 3. The maximum Gasteiger partial charge on any atom is 0.335 e. The summed E-state index contributed by atoms with van der Waals surface area (Å²) in [4.78, 5) is 51.2. The number of rotatable bonds is 55. The van der Waals surface area contributed by atoms with Gasteiger partial charge in [-0.05, 0) is 57.8 Å². The second-order valence-corrected chi connectivity index (χ2v) is 22.0. The lowest BCUT2D eigenvalue weighted by atomic mass is 9.98. The Morgan fingerprint density at radius 3 is 1.20 bits per heavy atom. The molecule has 0 aromatic rings. The van der Waals surface area contributed by atoms with Crippen molar-refractivity contribution < 1.29 is 58.2 Å². The molecule has 0 spiro atoms. The van der Waals surface area contributed by atoms with Gasteiger partial charge in [-0.1, -0.05) is 274 Å². The van der Waals surface area contributed by atoms with Crippen LogP contribution in [0.5, 0.6) is 0 Å². The van der Waals surface area contributed by atoms with E-state index in [1.165, 1.54) is 154 Å². The summed E-state index contributed by atoms with van der Waals surface area (Å²) < 4.78 is 28.5. The Morgan fingerprint density at radius 2 is 0.797 bits per heavy atom. The average Bonchev–Trinajstić information content (AvgIpc) is 3.46. The Bertz CT molecular complexity index is 1600. The molecule has 0 aromatic heterocycles. The Balaban J connectivity index is 2.66. The molecule has 1 heterocycles. The first-order valence-electron chi connectivity index (χ1n) is 32.3. The zero-order valence-corrected chi connectivity index (χ0v) is 50.4. The molecular weight excluding hydrogens is 997 g/mol. The third kappa shape index (κ3) is 44.7. The predicted octanol–water partition coefficient (Wildman–Crippen LogP) is 17.1. The minimum atomic E-state index is -1.92. The SMILES string of the molecule is CC/C=C\C/C=C\C/C=C\C/C=C\C/C=C\CCCC(=O)OC1C(OCC(COC(=O)CCCCCCCCCCCCCCCCCCCCC)OC(=O)CCCCCCCCCCCCCCC)OC(C(=O)O)C(O)C1O. The molecule has 1 saturated heterocycles. The van der Waals surface area contributed by atoms with Crippen LogP contribution in [0, 0.1) is 0 Å². The van der Waals surface area contributed by atoms with Crippen LogP contribution >= 0.6 is 0 Å². The second-order valence-electron chi connectivity index (χ2n) is 22.0. The minimum absolute atomic E-state index is 0.0163. The van der Waals surface area contributed by atoms with Crippen molar-refractivity contribution in [3.05, 3.63) is 60.8 Å². The van der Waals surface area contributed by atoms with Crippen LogP contribution in [-0.2, 0) is 42.9 Å². The molecule has 0 radical (unpaired) electrons. The van der Waals surface area contributed by atoms with Crippen molar-refractivity contribution in [2.24, 2.45) is 0 Å². The number of unbranched alkanes of at least 4 members (excludes halogenated alkanes) is 31. The van der Waals surface area contributed by atoms with Crippen LogP contribution in [0.2, 0.25) is 0 Å². The van der Waals surface area contributed by atoms with Crippen molar-refractivity contribution in [2.75, 3.05) is 13.2 Å². The molecule has 0 bridgehead atoms. The number of aliphatic hydroxyl groups is 2. The predicted molar refractivity (Wildman–Crippen MR) is 322 cm³/mol. The molecule has 12 heteroatoms. The van der Waals surface area contributed by atoms with Crippen LogP contribution in [0.1, 0.15) is 290 Å². The van der Waals surface area contributed by atoms with E-state index in [1.54, 1.807) is 0 Å². The lowest BCUT2D eigenvalue weighted by molar-refractivity contribution is -0.301. The Morgan fingerprint density at radius 1 is 0.430 bits per heavy atom. The summed E-state index contributed by atoms with van der Waals surface area (Å²) in [5, 5.41) is 31.5. The van der Waals surface area contributed by atoms with E-state index < -0.39 is 67.3 Å². The molecule has 79 heavy (non-hydrogen) atoms. The van der Waals surface area contributed by atoms with Gasteiger partial charge in [-0.25, -0.2) is 4.79 Å². The molecule has 6 atom stereocenters. The van der Waals surface area contributed by atoms with Crippen molar-refractivity contribution in [2.45, 2.75) is 327 Å². The highest BCUT2D eigenvalue weighted by atomic mass is 16.7. The molecule has 12 nitrogen and oxygen atoms in total. The van der Waals surface area contributed by atoms with Crippen molar-refractivity contribution in [3.8, 4) is 0 Å². The van der Waals surface area contributed by atoms with Crippen LogP contribution in [-0.4, -0.2) is 89.2 Å². The summed E-state index contributed by atoms with van der Waals surface area (Å²) in [6.07, 6.45) is 56.2. The molecule has 0 saturated carbocycles. The standard InChI is InChI=1S/C67H116O12/c1-4-7-10-13-16-19-22-25-27-29-30-32-33-36-38-41-44-47-50-53-59(68)75-56-58(77-60(69)54-51-48-45-42-39-35-24-21-18-15-12-9-6-3)57-76-67-65(63(72)62(71)64(79-67)66(73)74)78-61(70)55-52-49-46-43-40-37-34-31-28-26-23-20-17-14-11-8-5-2/h8,11,17,20,26,28,34,37,43,46,58,62-65,67,71-72H,4-7,9-10,12-16,18-19,21-25,27,29-33,35-36,38-42,44-45,47-57H2,1-3H3,(H,73,74)/b11-8-,20-17-,28-26-,37-34-,46-43-. The highest BCUT2D eigenvalue weighted by Crippen LogP contribution is 2.26. The number of allylic oxidation sites excluding steroid dienone is 10. The summed E-state index contributed by atoms with van der Waals surface area (Å²) in [7, 11) is 0. The van der Waals surface area contributed by atoms with Gasteiger partial charge in [0.2, 0.25) is 0 Å². The molecule has 1 aliphatic rings. The zero-order valence-electron chi connectivity index (χ0n) is 50.4. The van der Waals surface area contributed by atoms with E-state index in [1.807, 2.05) is 12.2 Å². The van der Waals surface area contributed by atoms with Gasteiger partial charge in [-0.3, -0.25) is 14.4 Å². The van der Waals surface area contributed by atoms with Crippen LogP contribution in [0.4, 0.5) is 0 Å². The van der Waals surface area contributed by atoms with E-state index in [-0.39, 0.29) is 25.9 Å². The van der Waals surface area contributed by atoms with Gasteiger partial charge in [-0.2, -0.15) is 0 Å². The van der Waals surface area contributed by atoms with Gasteiger partial charge in [0.05, 0.1) is 6.61 Å². The number of hydrogen-bond donors (Lipinski definition) is 3. The number of aliphatic hydroxyl groups excluding tert-OH is 2. The van der Waals surface area contributed by atoms with E-state index in [9.17, 15) is 34.5 Å². The fourth-order valence-electron chi connectivity index (χ4n) is 9.70. The minimum Gasteiger partial charge on any atom is -0.479 e. The number of esters is 3. The first kappa shape index (κ1) is 73.4. The number of carboxylic acids is 1. The van der Waals surface area contributed by atoms with E-state index in [0.717, 1.165) is 70.6 Å². The molecule has 0 aliphatic carbocycles. The highest BCUT2D eigenvalue weighted by molar-refractivity contribution is 5.74. The van der Waals surface area contributed by atoms with Crippen molar-refractivity contribution in [1.29, 1.82) is 0 Å². The molecule has 1 fully saturated rings. The third-order valence-electron chi connectivity index (χ3n) is 14.6. The molecular formula is C67H116O12. The van der Waals surface area contributed by atoms with Crippen molar-refractivity contribution in [3.63, 3.8) is 0 Å². The van der Waals surface area contributed by atoms with Gasteiger partial charge < -0.3 is 39.0 Å². The lowest BCUT2D eigenvalue weighted by Gasteiger charge is -2.40. The van der Waals surface area contributed by atoms with Gasteiger partial charge in [0, 0.05) is 19.3 Å². The summed E-state index contributed by atoms with van der Waals surface area (Å²) >= 11 is 0. The van der Waals surface area contributed by atoms with Gasteiger partial charge >= 0.3 is 23.9 Å². The molecule has 1 rings (SSSR count). The topological polar surface area (TPSA) is 175 Å². The molecule has 456 valence electrons. The smallest absolute Gasteiger partial charge is 0.335 e. The number of ether oxygens (including phenoxy) is 5. The summed E-state index contributed by atoms with van der Waals surface area (Å²) in [6.45, 7) is 5.89. The van der Waals surface area contributed by atoms with Crippen molar-refractivity contribution in [1.82, 2.24) is 0 Å². The monoisotopic (exact) mass is 1110 g/mol. The first-order valence-corrected chi connectivity index (χ1v) is 32.3.